The van der Waals surface area contributed by atoms with Crippen LogP contribution in [0.15, 0.2) is 42.6 Å². The molecular formula is C19H15F4N3O2. The molecule has 0 bridgehead atoms. The smallest absolute Gasteiger partial charge is 0.253 e. The Morgan fingerprint density at radius 2 is 1.61 bits per heavy atom. The van der Waals surface area contributed by atoms with Crippen LogP contribution < -0.4 is 14.8 Å². The van der Waals surface area contributed by atoms with Gasteiger partial charge in [-0.1, -0.05) is 18.2 Å². The van der Waals surface area contributed by atoms with E-state index in [4.69, 9.17) is 9.47 Å². The van der Waals surface area contributed by atoms with Gasteiger partial charge in [-0.2, -0.15) is 22.5 Å². The molecular weight excluding hydrogens is 378 g/mol. The fourth-order valence-electron chi connectivity index (χ4n) is 2.33. The average molecular weight is 393 g/mol. The van der Waals surface area contributed by atoms with Crippen molar-refractivity contribution in [1.29, 1.82) is 0 Å². The Bertz CT molecular complexity index is 942. The van der Waals surface area contributed by atoms with Crippen molar-refractivity contribution in [3.05, 3.63) is 71.7 Å². The fraction of sp³-hybridized carbons (Fsp3) is 0.158. The molecule has 0 aliphatic carbocycles. The van der Waals surface area contributed by atoms with Crippen LogP contribution in [0.5, 0.6) is 17.4 Å². The van der Waals surface area contributed by atoms with E-state index in [0.717, 1.165) is 0 Å². The van der Waals surface area contributed by atoms with Crippen molar-refractivity contribution in [3.8, 4) is 17.4 Å². The Hall–Kier alpha value is -3.36. The molecule has 1 aromatic carbocycles. The van der Waals surface area contributed by atoms with Crippen molar-refractivity contribution in [2.75, 3.05) is 11.9 Å². The summed E-state index contributed by atoms with van der Waals surface area (Å²) >= 11 is 0. The molecule has 0 atom stereocenters. The molecule has 0 saturated carbocycles. The molecule has 1 N–H and O–H groups in total. The molecule has 0 aliphatic heterocycles. The van der Waals surface area contributed by atoms with Crippen LogP contribution >= 0.6 is 0 Å². The SMILES string of the molecule is CCOc1ccccc1Oc1ccc(CNc2c(F)c(F)nc(F)c2F)cn1. The summed E-state index contributed by atoms with van der Waals surface area (Å²) in [5.74, 6) is -5.33. The van der Waals surface area contributed by atoms with Gasteiger partial charge in [0.25, 0.3) is 11.9 Å². The van der Waals surface area contributed by atoms with E-state index in [2.05, 4.69) is 15.3 Å². The van der Waals surface area contributed by atoms with Crippen LogP contribution in [0.2, 0.25) is 0 Å². The number of aromatic nitrogens is 2. The lowest BCUT2D eigenvalue weighted by molar-refractivity contribution is 0.319. The maximum Gasteiger partial charge on any atom is 0.253 e. The number of pyridine rings is 2. The average Bonchev–Trinajstić information content (AvgIpc) is 2.69. The summed E-state index contributed by atoms with van der Waals surface area (Å²) in [6.45, 7) is 2.20. The number of rotatable bonds is 7. The van der Waals surface area contributed by atoms with Gasteiger partial charge in [-0.05, 0) is 24.6 Å². The van der Waals surface area contributed by atoms with Gasteiger partial charge in [-0.15, -0.1) is 0 Å². The zero-order chi connectivity index (χ0) is 20.1. The predicted octanol–water partition coefficient (Wildman–Crippen LogP) is 4.84. The molecule has 0 unspecified atom stereocenters. The molecule has 28 heavy (non-hydrogen) atoms. The van der Waals surface area contributed by atoms with Crippen LogP contribution in [0, 0.1) is 23.5 Å². The Balaban J connectivity index is 1.69. The summed E-state index contributed by atoms with van der Waals surface area (Å²) in [5, 5.41) is 2.30. The van der Waals surface area contributed by atoms with E-state index in [9.17, 15) is 17.6 Å². The summed E-state index contributed by atoms with van der Waals surface area (Å²) in [7, 11) is 0. The molecule has 2 heterocycles. The quantitative estimate of drug-likeness (QED) is 0.460. The number of hydrogen-bond acceptors (Lipinski definition) is 5. The highest BCUT2D eigenvalue weighted by atomic mass is 19.2. The third-order valence-corrected chi connectivity index (χ3v) is 3.63. The largest absolute Gasteiger partial charge is 0.490 e. The maximum atomic E-state index is 13.6. The topological polar surface area (TPSA) is 56.3 Å². The Labute approximate surface area is 158 Å². The van der Waals surface area contributed by atoms with Crippen molar-refractivity contribution in [3.63, 3.8) is 0 Å². The molecule has 9 heteroatoms. The fourth-order valence-corrected chi connectivity index (χ4v) is 2.33. The second-order valence-electron chi connectivity index (χ2n) is 5.54. The van der Waals surface area contributed by atoms with Gasteiger partial charge in [0, 0.05) is 18.8 Å². The monoisotopic (exact) mass is 393 g/mol. The number of ether oxygens (including phenoxy) is 2. The number of nitrogens with zero attached hydrogens (tertiary/aromatic N) is 2. The van der Waals surface area contributed by atoms with Gasteiger partial charge in [0.2, 0.25) is 17.5 Å². The van der Waals surface area contributed by atoms with Crippen LogP contribution in [-0.4, -0.2) is 16.6 Å². The molecule has 3 rings (SSSR count). The van der Waals surface area contributed by atoms with Crippen LogP contribution in [-0.2, 0) is 6.54 Å². The minimum atomic E-state index is -1.73. The molecule has 5 nitrogen and oxygen atoms in total. The van der Waals surface area contributed by atoms with Crippen LogP contribution in [0.1, 0.15) is 12.5 Å². The molecule has 0 amide bonds. The number of nitrogens with one attached hydrogen (secondary N) is 1. The van der Waals surface area contributed by atoms with E-state index in [1.165, 1.54) is 6.20 Å². The summed E-state index contributed by atoms with van der Waals surface area (Å²) in [6, 6.07) is 10.2. The van der Waals surface area contributed by atoms with E-state index < -0.39 is 29.2 Å². The van der Waals surface area contributed by atoms with Gasteiger partial charge in [0.05, 0.1) is 6.61 Å². The second kappa shape index (κ2) is 8.55. The van der Waals surface area contributed by atoms with Gasteiger partial charge < -0.3 is 14.8 Å². The van der Waals surface area contributed by atoms with Gasteiger partial charge in [-0.3, -0.25) is 0 Å². The number of halogens is 4. The lowest BCUT2D eigenvalue weighted by Crippen LogP contribution is -2.09. The number of hydrogen-bond donors (Lipinski definition) is 1. The minimum absolute atomic E-state index is 0.125. The third kappa shape index (κ3) is 4.30. The Morgan fingerprint density at radius 3 is 2.21 bits per heavy atom. The van der Waals surface area contributed by atoms with Crippen molar-refractivity contribution in [2.45, 2.75) is 13.5 Å². The van der Waals surface area contributed by atoms with Crippen molar-refractivity contribution in [2.24, 2.45) is 0 Å². The first-order valence-corrected chi connectivity index (χ1v) is 8.28. The van der Waals surface area contributed by atoms with Gasteiger partial charge >= 0.3 is 0 Å². The number of benzene rings is 1. The molecule has 0 fully saturated rings. The highest BCUT2D eigenvalue weighted by molar-refractivity contribution is 5.46. The van der Waals surface area contributed by atoms with Crippen LogP contribution in [0.4, 0.5) is 23.2 Å². The highest BCUT2D eigenvalue weighted by Gasteiger charge is 2.20. The third-order valence-electron chi connectivity index (χ3n) is 3.63. The maximum absolute atomic E-state index is 13.6. The van der Waals surface area contributed by atoms with E-state index in [0.29, 0.717) is 23.7 Å². The van der Waals surface area contributed by atoms with E-state index in [1.807, 2.05) is 13.0 Å². The summed E-state index contributed by atoms with van der Waals surface area (Å²) in [6.07, 6.45) is 1.40. The molecule has 0 aliphatic rings. The lowest BCUT2D eigenvalue weighted by atomic mass is 10.2. The molecule has 0 spiro atoms. The first-order chi connectivity index (χ1) is 13.5. The van der Waals surface area contributed by atoms with E-state index >= 15 is 0 Å². The summed E-state index contributed by atoms with van der Waals surface area (Å²) in [5.41, 5.74) is -0.433. The second-order valence-corrected chi connectivity index (χ2v) is 5.54. The zero-order valence-corrected chi connectivity index (χ0v) is 14.7. The number of para-hydroxylation sites is 2. The van der Waals surface area contributed by atoms with Gasteiger partial charge in [0.15, 0.2) is 11.5 Å². The van der Waals surface area contributed by atoms with Gasteiger partial charge in [-0.25, -0.2) is 4.98 Å². The van der Waals surface area contributed by atoms with E-state index in [-0.39, 0.29) is 12.4 Å². The van der Waals surface area contributed by atoms with Crippen molar-refractivity contribution < 1.29 is 27.0 Å². The van der Waals surface area contributed by atoms with Crippen molar-refractivity contribution >= 4 is 5.69 Å². The normalized spacial score (nSPS) is 10.6. The number of anilines is 1. The molecule has 3 aromatic rings. The summed E-state index contributed by atoms with van der Waals surface area (Å²) < 4.78 is 64.6. The van der Waals surface area contributed by atoms with Crippen LogP contribution in [0.3, 0.4) is 0 Å². The Kier molecular flexibility index (Phi) is 5.93. The Morgan fingerprint density at radius 1 is 0.929 bits per heavy atom. The zero-order valence-electron chi connectivity index (χ0n) is 14.7. The van der Waals surface area contributed by atoms with Crippen molar-refractivity contribution in [1.82, 2.24) is 9.97 Å². The van der Waals surface area contributed by atoms with E-state index in [1.54, 1.807) is 30.3 Å². The standard InChI is InChI=1S/C19H15F4N3O2/c1-2-27-12-5-3-4-6-13(12)28-14-8-7-11(9-24-14)10-25-17-15(20)18(22)26-19(23)16(17)21/h3-9H,2,10H2,1H3,(H,25,26). The molecule has 146 valence electrons. The molecule has 0 saturated heterocycles. The van der Waals surface area contributed by atoms with Gasteiger partial charge in [0.1, 0.15) is 5.69 Å². The lowest BCUT2D eigenvalue weighted by Gasteiger charge is -2.11. The molecule has 0 radical (unpaired) electrons. The summed E-state index contributed by atoms with van der Waals surface area (Å²) in [4.78, 5) is 6.60. The minimum Gasteiger partial charge on any atom is -0.490 e. The highest BCUT2D eigenvalue weighted by Crippen LogP contribution is 2.30. The predicted molar refractivity (Wildman–Crippen MR) is 93.3 cm³/mol. The molecule has 2 aromatic heterocycles. The van der Waals surface area contributed by atoms with Crippen LogP contribution in [0.25, 0.3) is 0 Å². The first-order valence-electron chi connectivity index (χ1n) is 8.28. The first kappa shape index (κ1) is 19.4.